The Kier molecular flexibility index (Phi) is 5.22. The van der Waals surface area contributed by atoms with Crippen LogP contribution in [0.3, 0.4) is 0 Å². The maximum atomic E-state index is 13.1. The molecule has 2 aromatic carbocycles. The molecule has 0 radical (unpaired) electrons. The maximum Gasteiger partial charge on any atom is 0.251 e. The van der Waals surface area contributed by atoms with Gasteiger partial charge in [0.15, 0.2) is 0 Å². The Bertz CT molecular complexity index is 651. The Morgan fingerprint density at radius 3 is 2.23 bits per heavy atom. The predicted octanol–water partition coefficient (Wildman–Crippen LogP) is 1.54. The number of nitrogens with one attached hydrogen (secondary N) is 2. The molecular formula is C17H19F2N2O+. The van der Waals surface area contributed by atoms with E-state index in [1.807, 2.05) is 38.4 Å². The van der Waals surface area contributed by atoms with Gasteiger partial charge in [-0.1, -0.05) is 24.3 Å². The van der Waals surface area contributed by atoms with Gasteiger partial charge in [-0.25, -0.2) is 8.78 Å². The average molecular weight is 305 g/mol. The Morgan fingerprint density at radius 1 is 1.05 bits per heavy atom. The Balaban J connectivity index is 2.08. The molecule has 116 valence electrons. The number of benzene rings is 2. The average Bonchev–Trinajstić information content (AvgIpc) is 2.44. The van der Waals surface area contributed by atoms with Gasteiger partial charge in [-0.05, 0) is 17.7 Å². The fraction of sp³-hybridized carbons (Fsp3) is 0.235. The quantitative estimate of drug-likeness (QED) is 0.863. The first-order chi connectivity index (χ1) is 10.5. The van der Waals surface area contributed by atoms with Gasteiger partial charge in [0.25, 0.3) is 5.91 Å². The van der Waals surface area contributed by atoms with Gasteiger partial charge >= 0.3 is 0 Å². The molecule has 0 aliphatic heterocycles. The molecule has 0 aliphatic rings. The summed E-state index contributed by atoms with van der Waals surface area (Å²) in [4.78, 5) is 13.3. The maximum absolute atomic E-state index is 13.1. The molecule has 0 heterocycles. The van der Waals surface area contributed by atoms with Gasteiger partial charge in [-0.3, -0.25) is 4.79 Å². The van der Waals surface area contributed by atoms with Crippen LogP contribution in [0.1, 0.15) is 21.5 Å². The van der Waals surface area contributed by atoms with Crippen molar-refractivity contribution in [1.82, 2.24) is 5.32 Å². The molecule has 0 spiro atoms. The topological polar surface area (TPSA) is 33.5 Å². The van der Waals surface area contributed by atoms with E-state index in [4.69, 9.17) is 0 Å². The second kappa shape index (κ2) is 7.13. The lowest BCUT2D eigenvalue weighted by molar-refractivity contribution is -0.872. The zero-order chi connectivity index (χ0) is 16.1. The van der Waals surface area contributed by atoms with Crippen LogP contribution in [-0.4, -0.2) is 20.0 Å². The van der Waals surface area contributed by atoms with Crippen LogP contribution in [0.25, 0.3) is 0 Å². The first-order valence-electron chi connectivity index (χ1n) is 7.06. The molecule has 0 saturated carbocycles. The summed E-state index contributed by atoms with van der Waals surface area (Å²) < 4.78 is 26.3. The van der Waals surface area contributed by atoms with Crippen molar-refractivity contribution >= 4 is 5.91 Å². The molecule has 3 nitrogen and oxygen atoms in total. The smallest absolute Gasteiger partial charge is 0.251 e. The van der Waals surface area contributed by atoms with E-state index in [2.05, 4.69) is 5.32 Å². The summed E-state index contributed by atoms with van der Waals surface area (Å²) in [6.45, 7) is 1.15. The molecule has 22 heavy (non-hydrogen) atoms. The number of hydrogen-bond donors (Lipinski definition) is 2. The fourth-order valence-corrected chi connectivity index (χ4v) is 2.25. The third-order valence-electron chi connectivity index (χ3n) is 3.23. The van der Waals surface area contributed by atoms with Gasteiger partial charge in [0, 0.05) is 23.7 Å². The summed E-state index contributed by atoms with van der Waals surface area (Å²) in [5.41, 5.74) is 2.11. The minimum absolute atomic E-state index is 0.0202. The molecule has 0 aliphatic carbocycles. The lowest BCUT2D eigenvalue weighted by Crippen LogP contribution is -3.04. The van der Waals surface area contributed by atoms with E-state index in [1.54, 1.807) is 0 Å². The van der Waals surface area contributed by atoms with Crippen molar-refractivity contribution in [2.45, 2.75) is 13.1 Å². The van der Waals surface area contributed by atoms with E-state index in [1.165, 1.54) is 4.90 Å². The zero-order valence-corrected chi connectivity index (χ0v) is 12.6. The SMILES string of the molecule is C[NH+](C)Cc1ccccc1CNC(=O)c1cc(F)cc(F)c1. The van der Waals surface area contributed by atoms with Crippen LogP contribution >= 0.6 is 0 Å². The van der Waals surface area contributed by atoms with Crippen LogP contribution in [0.5, 0.6) is 0 Å². The van der Waals surface area contributed by atoms with Crippen molar-refractivity contribution in [2.24, 2.45) is 0 Å². The highest BCUT2D eigenvalue weighted by Crippen LogP contribution is 2.10. The predicted molar refractivity (Wildman–Crippen MR) is 80.5 cm³/mol. The second-order valence-corrected chi connectivity index (χ2v) is 5.49. The Labute approximate surface area is 128 Å². The summed E-state index contributed by atoms with van der Waals surface area (Å²) in [5, 5.41) is 2.70. The highest BCUT2D eigenvalue weighted by atomic mass is 19.1. The number of quaternary nitrogens is 1. The van der Waals surface area contributed by atoms with Crippen molar-refractivity contribution in [1.29, 1.82) is 0 Å². The van der Waals surface area contributed by atoms with Crippen LogP contribution in [0, 0.1) is 11.6 Å². The molecule has 1 amide bonds. The Morgan fingerprint density at radius 2 is 1.64 bits per heavy atom. The van der Waals surface area contributed by atoms with E-state index in [0.717, 1.165) is 35.9 Å². The Hall–Kier alpha value is -2.27. The van der Waals surface area contributed by atoms with Crippen molar-refractivity contribution in [2.75, 3.05) is 14.1 Å². The van der Waals surface area contributed by atoms with Crippen molar-refractivity contribution in [3.8, 4) is 0 Å². The molecule has 0 fully saturated rings. The summed E-state index contributed by atoms with van der Waals surface area (Å²) >= 11 is 0. The van der Waals surface area contributed by atoms with Crippen molar-refractivity contribution in [3.63, 3.8) is 0 Å². The molecule has 0 bridgehead atoms. The van der Waals surface area contributed by atoms with Crippen molar-refractivity contribution < 1.29 is 18.5 Å². The third-order valence-corrected chi connectivity index (χ3v) is 3.23. The molecule has 2 N–H and O–H groups in total. The molecular weight excluding hydrogens is 286 g/mol. The van der Waals surface area contributed by atoms with Crippen LogP contribution in [0.15, 0.2) is 42.5 Å². The van der Waals surface area contributed by atoms with E-state index in [-0.39, 0.29) is 5.56 Å². The van der Waals surface area contributed by atoms with Gasteiger partial charge in [0.1, 0.15) is 18.2 Å². The minimum atomic E-state index is -0.762. The van der Waals surface area contributed by atoms with Gasteiger partial charge in [0.2, 0.25) is 0 Å². The molecule has 0 aromatic heterocycles. The van der Waals surface area contributed by atoms with E-state index in [0.29, 0.717) is 6.54 Å². The molecule has 0 atom stereocenters. The van der Waals surface area contributed by atoms with E-state index >= 15 is 0 Å². The molecule has 0 saturated heterocycles. The first kappa shape index (κ1) is 16.1. The van der Waals surface area contributed by atoms with E-state index < -0.39 is 17.5 Å². The summed E-state index contributed by atoms with van der Waals surface area (Å²) in [5.74, 6) is -2.02. The normalized spacial score (nSPS) is 10.8. The number of halogens is 2. The molecule has 2 rings (SSSR count). The zero-order valence-electron chi connectivity index (χ0n) is 12.6. The monoisotopic (exact) mass is 305 g/mol. The lowest BCUT2D eigenvalue weighted by atomic mass is 10.1. The number of carbonyl (C=O) groups excluding carboxylic acids is 1. The summed E-state index contributed by atoms with van der Waals surface area (Å²) in [7, 11) is 4.09. The van der Waals surface area contributed by atoms with Gasteiger partial charge in [0.05, 0.1) is 14.1 Å². The van der Waals surface area contributed by atoms with Gasteiger partial charge in [-0.2, -0.15) is 0 Å². The summed E-state index contributed by atoms with van der Waals surface area (Å²) in [6.07, 6.45) is 0. The van der Waals surface area contributed by atoms with Crippen LogP contribution in [0.4, 0.5) is 8.78 Å². The van der Waals surface area contributed by atoms with Crippen LogP contribution in [-0.2, 0) is 13.1 Å². The highest BCUT2D eigenvalue weighted by Gasteiger charge is 2.11. The van der Waals surface area contributed by atoms with E-state index in [9.17, 15) is 13.6 Å². The number of amides is 1. The molecule has 0 unspecified atom stereocenters. The molecule has 2 aromatic rings. The largest absolute Gasteiger partial charge is 0.348 e. The number of carbonyl (C=O) groups is 1. The lowest BCUT2D eigenvalue weighted by Gasteiger charge is -2.13. The first-order valence-corrected chi connectivity index (χ1v) is 7.06. The van der Waals surface area contributed by atoms with Crippen molar-refractivity contribution in [3.05, 3.63) is 70.8 Å². The second-order valence-electron chi connectivity index (χ2n) is 5.49. The van der Waals surface area contributed by atoms with Crippen LogP contribution in [0.2, 0.25) is 0 Å². The number of hydrogen-bond acceptors (Lipinski definition) is 1. The fourth-order valence-electron chi connectivity index (χ4n) is 2.25. The van der Waals surface area contributed by atoms with Gasteiger partial charge in [-0.15, -0.1) is 0 Å². The number of rotatable bonds is 5. The van der Waals surface area contributed by atoms with Gasteiger partial charge < -0.3 is 10.2 Å². The third kappa shape index (κ3) is 4.36. The van der Waals surface area contributed by atoms with Crippen LogP contribution < -0.4 is 10.2 Å². The minimum Gasteiger partial charge on any atom is -0.348 e. The standard InChI is InChI=1S/C17H18F2N2O/c1-21(2)11-13-6-4-3-5-12(13)10-20-17(22)14-7-15(18)9-16(19)8-14/h3-9H,10-11H2,1-2H3,(H,20,22)/p+1. The molecule has 5 heteroatoms. The summed E-state index contributed by atoms with van der Waals surface area (Å²) in [6, 6.07) is 10.6. The highest BCUT2D eigenvalue weighted by molar-refractivity contribution is 5.94.